The molecule has 0 aliphatic rings. The zero-order chi connectivity index (χ0) is 9.97. The topological polar surface area (TPSA) is 15.8 Å². The molecule has 1 heterocycles. The maximum Gasteiger partial charge on any atom is 0.0966 e. The Morgan fingerprint density at radius 2 is 2.07 bits per heavy atom. The number of aromatic nitrogens is 1. The minimum atomic E-state index is 1.14. The summed E-state index contributed by atoms with van der Waals surface area (Å²) in [5, 5.41) is 2.49. The van der Waals surface area contributed by atoms with Crippen molar-refractivity contribution < 1.29 is 0 Å². The lowest BCUT2D eigenvalue weighted by Crippen LogP contribution is -2.08. The number of hydrogen-bond acceptors (Lipinski definition) is 0. The molecule has 0 spiro atoms. The zero-order valence-corrected chi connectivity index (χ0v) is 9.43. The van der Waals surface area contributed by atoms with Gasteiger partial charge in [-0.15, -0.1) is 0 Å². The van der Waals surface area contributed by atoms with Gasteiger partial charge in [0.15, 0.2) is 0 Å². The highest BCUT2D eigenvalue weighted by molar-refractivity contribution is 6.33. The highest BCUT2D eigenvalue weighted by Gasteiger charge is 2.06. The third-order valence-electron chi connectivity index (χ3n) is 2.59. The first-order valence-corrected chi connectivity index (χ1v) is 5.64. The van der Waals surface area contributed by atoms with E-state index in [1.807, 2.05) is 0 Å². The standard InChI is InChI=1S/C12H14NSi/c1-2-3-6-10-9-7-4-5-8-11(9)13-12(10)14/h4-5,7-8,13H,2-3,6H2,1H3. The zero-order valence-electron chi connectivity index (χ0n) is 8.43. The molecular formula is C12H14NSi. The summed E-state index contributed by atoms with van der Waals surface area (Å²) >= 11 is 0. The van der Waals surface area contributed by atoms with Crippen molar-refractivity contribution in [1.29, 1.82) is 0 Å². The Kier molecular flexibility index (Phi) is 2.73. The molecule has 14 heavy (non-hydrogen) atoms. The quantitative estimate of drug-likeness (QED) is 0.732. The predicted molar refractivity (Wildman–Crippen MR) is 62.3 cm³/mol. The molecule has 0 saturated carbocycles. The molecule has 0 bridgehead atoms. The number of aryl methyl sites for hydroxylation is 1. The molecule has 1 N–H and O–H groups in total. The van der Waals surface area contributed by atoms with Crippen LogP contribution in [0.25, 0.3) is 10.9 Å². The van der Waals surface area contributed by atoms with Gasteiger partial charge in [0.1, 0.15) is 0 Å². The molecule has 0 atom stereocenters. The van der Waals surface area contributed by atoms with Gasteiger partial charge in [0.2, 0.25) is 0 Å². The van der Waals surface area contributed by atoms with E-state index in [2.05, 4.69) is 46.4 Å². The van der Waals surface area contributed by atoms with E-state index >= 15 is 0 Å². The van der Waals surface area contributed by atoms with E-state index in [1.54, 1.807) is 0 Å². The van der Waals surface area contributed by atoms with Crippen LogP contribution in [-0.2, 0) is 6.42 Å². The van der Waals surface area contributed by atoms with Gasteiger partial charge in [-0.3, -0.25) is 0 Å². The average molecular weight is 200 g/mol. The van der Waals surface area contributed by atoms with Crippen molar-refractivity contribution in [3.05, 3.63) is 29.8 Å². The summed E-state index contributed by atoms with van der Waals surface area (Å²) in [6.07, 6.45) is 3.64. The van der Waals surface area contributed by atoms with Crippen LogP contribution in [0.2, 0.25) is 0 Å². The average Bonchev–Trinajstić information content (AvgIpc) is 2.51. The van der Waals surface area contributed by atoms with E-state index in [4.69, 9.17) is 0 Å². The number of benzene rings is 1. The van der Waals surface area contributed by atoms with E-state index in [1.165, 1.54) is 29.3 Å². The molecule has 71 valence electrons. The van der Waals surface area contributed by atoms with Gasteiger partial charge in [0.25, 0.3) is 0 Å². The van der Waals surface area contributed by atoms with E-state index in [-0.39, 0.29) is 0 Å². The normalized spacial score (nSPS) is 11.0. The molecule has 2 rings (SSSR count). The number of aromatic amines is 1. The van der Waals surface area contributed by atoms with Gasteiger partial charge in [0.05, 0.1) is 10.2 Å². The van der Waals surface area contributed by atoms with Crippen LogP contribution in [0.3, 0.4) is 0 Å². The smallest absolute Gasteiger partial charge is 0.0966 e. The number of hydrogen-bond donors (Lipinski definition) is 1. The minimum absolute atomic E-state index is 1.14. The molecule has 3 radical (unpaired) electrons. The van der Waals surface area contributed by atoms with Gasteiger partial charge < -0.3 is 4.98 Å². The van der Waals surface area contributed by atoms with Gasteiger partial charge in [-0.25, -0.2) is 0 Å². The number of para-hydroxylation sites is 1. The second kappa shape index (κ2) is 4.01. The number of H-pyrrole nitrogens is 1. The molecule has 0 aliphatic carbocycles. The number of rotatable bonds is 3. The SMILES string of the molecule is CCCCc1c([Si])[nH]c2ccccc12. The minimum Gasteiger partial charge on any atom is -0.363 e. The number of fused-ring (bicyclic) bond motifs is 1. The summed E-state index contributed by atoms with van der Waals surface area (Å²) in [7, 11) is 3.64. The fraction of sp³-hybridized carbons (Fsp3) is 0.333. The van der Waals surface area contributed by atoms with Crippen molar-refractivity contribution in [2.45, 2.75) is 26.2 Å². The van der Waals surface area contributed by atoms with Crippen molar-refractivity contribution >= 4 is 26.5 Å². The Bertz CT molecular complexity index is 431. The van der Waals surface area contributed by atoms with Gasteiger partial charge in [-0.1, -0.05) is 31.5 Å². The molecule has 0 unspecified atom stereocenters. The van der Waals surface area contributed by atoms with Crippen LogP contribution in [0.15, 0.2) is 24.3 Å². The summed E-state index contributed by atoms with van der Waals surface area (Å²) in [5.41, 5.74) is 2.64. The van der Waals surface area contributed by atoms with Crippen LogP contribution in [0, 0.1) is 0 Å². The summed E-state index contributed by atoms with van der Waals surface area (Å²) in [5.74, 6) is 0. The van der Waals surface area contributed by atoms with E-state index in [0.29, 0.717) is 0 Å². The lowest BCUT2D eigenvalue weighted by atomic mass is 10.1. The highest BCUT2D eigenvalue weighted by atomic mass is 28.1. The fourth-order valence-electron chi connectivity index (χ4n) is 1.81. The molecule has 0 aliphatic heterocycles. The highest BCUT2D eigenvalue weighted by Crippen LogP contribution is 2.17. The van der Waals surface area contributed by atoms with Gasteiger partial charge in [-0.2, -0.15) is 0 Å². The molecule has 2 aromatic rings. The second-order valence-corrected chi connectivity index (χ2v) is 4.13. The number of unbranched alkanes of at least 4 members (excludes halogenated alkanes) is 1. The van der Waals surface area contributed by atoms with Crippen LogP contribution in [0.5, 0.6) is 0 Å². The first kappa shape index (κ1) is 9.53. The first-order chi connectivity index (χ1) is 6.83. The van der Waals surface area contributed by atoms with Crippen molar-refractivity contribution in [2.75, 3.05) is 0 Å². The third-order valence-corrected chi connectivity index (χ3v) is 3.02. The van der Waals surface area contributed by atoms with Gasteiger partial charge in [-0.05, 0) is 29.8 Å². The lowest BCUT2D eigenvalue weighted by molar-refractivity contribution is 0.801. The Balaban J connectivity index is 2.45. The Morgan fingerprint density at radius 3 is 2.86 bits per heavy atom. The molecule has 0 fully saturated rings. The molecule has 1 aromatic carbocycles. The molecule has 2 heteroatoms. The monoisotopic (exact) mass is 200 g/mol. The summed E-state index contributed by atoms with van der Waals surface area (Å²) in [6, 6.07) is 8.46. The largest absolute Gasteiger partial charge is 0.363 e. The summed E-state index contributed by atoms with van der Waals surface area (Å²) in [4.78, 5) is 3.35. The molecule has 1 aromatic heterocycles. The van der Waals surface area contributed by atoms with Crippen molar-refractivity contribution in [3.63, 3.8) is 0 Å². The van der Waals surface area contributed by atoms with Crippen molar-refractivity contribution in [3.8, 4) is 0 Å². The lowest BCUT2D eigenvalue weighted by Gasteiger charge is -1.98. The van der Waals surface area contributed by atoms with Crippen LogP contribution in [0.1, 0.15) is 25.3 Å². The van der Waals surface area contributed by atoms with Crippen LogP contribution < -0.4 is 5.32 Å². The molecule has 0 saturated heterocycles. The number of nitrogens with one attached hydrogen (secondary N) is 1. The van der Waals surface area contributed by atoms with Gasteiger partial charge in [0, 0.05) is 10.9 Å². The molecular weight excluding hydrogens is 186 g/mol. The van der Waals surface area contributed by atoms with E-state index in [9.17, 15) is 0 Å². The third kappa shape index (κ3) is 1.62. The van der Waals surface area contributed by atoms with Gasteiger partial charge >= 0.3 is 0 Å². The predicted octanol–water partition coefficient (Wildman–Crippen LogP) is 2.30. The Morgan fingerprint density at radius 1 is 1.29 bits per heavy atom. The maximum atomic E-state index is 3.64. The summed E-state index contributed by atoms with van der Waals surface area (Å²) in [6.45, 7) is 2.22. The van der Waals surface area contributed by atoms with E-state index in [0.717, 1.165) is 11.7 Å². The van der Waals surface area contributed by atoms with Crippen molar-refractivity contribution in [2.24, 2.45) is 0 Å². The molecule has 0 amide bonds. The fourth-order valence-corrected chi connectivity index (χ4v) is 2.21. The Labute approximate surface area is 88.0 Å². The Hall–Kier alpha value is -1.02. The summed E-state index contributed by atoms with van der Waals surface area (Å²) < 4.78 is 0. The van der Waals surface area contributed by atoms with Crippen LogP contribution >= 0.6 is 0 Å². The first-order valence-electron chi connectivity index (χ1n) is 5.14. The van der Waals surface area contributed by atoms with Crippen LogP contribution in [-0.4, -0.2) is 15.2 Å². The van der Waals surface area contributed by atoms with Crippen LogP contribution in [0.4, 0.5) is 0 Å². The van der Waals surface area contributed by atoms with Crippen molar-refractivity contribution in [1.82, 2.24) is 4.98 Å². The second-order valence-electron chi connectivity index (χ2n) is 3.63. The van der Waals surface area contributed by atoms with E-state index < -0.39 is 0 Å². The molecule has 1 nitrogen and oxygen atoms in total. The maximum absolute atomic E-state index is 3.64.